The van der Waals surface area contributed by atoms with Crippen molar-refractivity contribution in [2.24, 2.45) is 5.92 Å². The second kappa shape index (κ2) is 10.7. The highest BCUT2D eigenvalue weighted by Crippen LogP contribution is 2.30. The number of benzene rings is 1. The number of carbonyl (C=O) groups excluding carboxylic acids is 2. The number of hydrogen-bond donors (Lipinski definition) is 2. The van der Waals surface area contributed by atoms with E-state index in [0.29, 0.717) is 43.7 Å². The van der Waals surface area contributed by atoms with Crippen molar-refractivity contribution in [1.82, 2.24) is 15.6 Å². The van der Waals surface area contributed by atoms with Crippen molar-refractivity contribution in [1.29, 1.82) is 0 Å². The number of halogens is 3. The summed E-state index contributed by atoms with van der Waals surface area (Å²) in [5, 5.41) is 5.87. The Kier molecular flexibility index (Phi) is 7.94. The molecule has 2 heterocycles. The monoisotopic (exact) mass is 462 g/mol. The summed E-state index contributed by atoms with van der Waals surface area (Å²) in [4.78, 5) is 31.3. The fourth-order valence-corrected chi connectivity index (χ4v) is 3.81. The number of alkyl halides is 3. The summed E-state index contributed by atoms with van der Waals surface area (Å²) in [6.07, 6.45) is -2.00. The minimum absolute atomic E-state index is 0.101. The van der Waals surface area contributed by atoms with Gasteiger partial charge in [-0.05, 0) is 36.5 Å². The van der Waals surface area contributed by atoms with Crippen molar-refractivity contribution in [2.45, 2.75) is 51.4 Å². The largest absolute Gasteiger partial charge is 0.417 e. The second-order valence-corrected chi connectivity index (χ2v) is 8.68. The first kappa shape index (κ1) is 24.5. The van der Waals surface area contributed by atoms with Gasteiger partial charge >= 0.3 is 6.18 Å². The van der Waals surface area contributed by atoms with Gasteiger partial charge < -0.3 is 15.5 Å². The van der Waals surface area contributed by atoms with E-state index in [1.54, 1.807) is 12.1 Å². The van der Waals surface area contributed by atoms with Crippen LogP contribution in [0.5, 0.6) is 0 Å². The van der Waals surface area contributed by atoms with E-state index >= 15 is 0 Å². The molecule has 0 spiro atoms. The van der Waals surface area contributed by atoms with E-state index in [0.717, 1.165) is 12.3 Å². The Bertz CT molecular complexity index is 925. The normalized spacial score (nSPS) is 15.9. The van der Waals surface area contributed by atoms with Gasteiger partial charge in [0, 0.05) is 31.7 Å². The SMILES string of the molecule is CC(C)CC(=O)NC(C(=O)NC1CCN(c2ccc(C(F)(F)F)cn2)CC1)c1ccccc1. The molecular formula is C24H29F3N4O2. The average molecular weight is 463 g/mol. The van der Waals surface area contributed by atoms with E-state index in [2.05, 4.69) is 15.6 Å². The van der Waals surface area contributed by atoms with Crippen LogP contribution in [0.25, 0.3) is 0 Å². The highest BCUT2D eigenvalue weighted by Gasteiger charge is 2.31. The Morgan fingerprint density at radius 3 is 2.30 bits per heavy atom. The number of carbonyl (C=O) groups is 2. The molecule has 0 radical (unpaired) electrons. The summed E-state index contributed by atoms with van der Waals surface area (Å²) in [5.41, 5.74) is -0.0710. The van der Waals surface area contributed by atoms with Crippen LogP contribution in [0.4, 0.5) is 19.0 Å². The van der Waals surface area contributed by atoms with Crippen molar-refractivity contribution >= 4 is 17.6 Å². The number of nitrogens with zero attached hydrogens (tertiary/aromatic N) is 2. The van der Waals surface area contributed by atoms with Gasteiger partial charge in [0.15, 0.2) is 0 Å². The van der Waals surface area contributed by atoms with Gasteiger partial charge in [-0.3, -0.25) is 9.59 Å². The molecule has 1 fully saturated rings. The van der Waals surface area contributed by atoms with Gasteiger partial charge in [0.25, 0.3) is 0 Å². The summed E-state index contributed by atoms with van der Waals surface area (Å²) >= 11 is 0. The maximum atomic E-state index is 13.1. The topological polar surface area (TPSA) is 74.3 Å². The van der Waals surface area contributed by atoms with Gasteiger partial charge in [-0.1, -0.05) is 44.2 Å². The van der Waals surface area contributed by atoms with E-state index < -0.39 is 17.8 Å². The fourth-order valence-electron chi connectivity index (χ4n) is 3.81. The number of pyridine rings is 1. The Labute approximate surface area is 191 Å². The molecule has 178 valence electrons. The van der Waals surface area contributed by atoms with Crippen LogP contribution in [0.3, 0.4) is 0 Å². The second-order valence-electron chi connectivity index (χ2n) is 8.68. The molecule has 0 bridgehead atoms. The smallest absolute Gasteiger partial charge is 0.356 e. The standard InChI is InChI=1S/C24H29F3N4O2/c1-16(2)14-21(32)30-22(17-6-4-3-5-7-17)23(33)29-19-10-12-31(13-11-19)20-9-8-18(15-28-20)24(25,26)27/h3-9,15-16,19,22H,10-14H2,1-2H3,(H,29,33)(H,30,32). The maximum absolute atomic E-state index is 13.1. The first-order valence-corrected chi connectivity index (χ1v) is 11.1. The number of piperidine rings is 1. The van der Waals surface area contributed by atoms with Crippen LogP contribution >= 0.6 is 0 Å². The zero-order chi connectivity index (χ0) is 24.0. The Balaban J connectivity index is 1.59. The number of aromatic nitrogens is 1. The van der Waals surface area contributed by atoms with Crippen molar-refractivity contribution < 1.29 is 22.8 Å². The third-order valence-corrected chi connectivity index (χ3v) is 5.53. The molecule has 6 nitrogen and oxygen atoms in total. The average Bonchev–Trinajstić information content (AvgIpc) is 2.77. The lowest BCUT2D eigenvalue weighted by Crippen LogP contribution is -2.49. The zero-order valence-electron chi connectivity index (χ0n) is 18.7. The van der Waals surface area contributed by atoms with Crippen molar-refractivity contribution in [3.8, 4) is 0 Å². The number of rotatable bonds is 7. The molecule has 2 amide bonds. The molecule has 3 rings (SSSR count). The molecule has 1 aliphatic rings. The summed E-state index contributed by atoms with van der Waals surface area (Å²) in [7, 11) is 0. The highest BCUT2D eigenvalue weighted by molar-refractivity contribution is 5.88. The van der Waals surface area contributed by atoms with Gasteiger partial charge in [-0.2, -0.15) is 13.2 Å². The van der Waals surface area contributed by atoms with E-state index in [9.17, 15) is 22.8 Å². The van der Waals surface area contributed by atoms with Crippen molar-refractivity contribution in [3.63, 3.8) is 0 Å². The summed E-state index contributed by atoms with van der Waals surface area (Å²) < 4.78 is 38.2. The highest BCUT2D eigenvalue weighted by atomic mass is 19.4. The van der Waals surface area contributed by atoms with E-state index in [1.165, 1.54) is 6.07 Å². The van der Waals surface area contributed by atoms with Crippen molar-refractivity contribution in [3.05, 3.63) is 59.8 Å². The molecule has 1 atom stereocenters. The van der Waals surface area contributed by atoms with Crippen LogP contribution < -0.4 is 15.5 Å². The van der Waals surface area contributed by atoms with Gasteiger partial charge in [0.2, 0.25) is 11.8 Å². The maximum Gasteiger partial charge on any atom is 0.417 e. The first-order chi connectivity index (χ1) is 15.6. The molecule has 1 aromatic carbocycles. The summed E-state index contributed by atoms with van der Waals surface area (Å²) in [5.74, 6) is 0.199. The van der Waals surface area contributed by atoms with E-state index in [4.69, 9.17) is 0 Å². The molecule has 0 saturated carbocycles. The lowest BCUT2D eigenvalue weighted by atomic mass is 10.0. The van der Waals surface area contributed by atoms with Gasteiger partial charge in [-0.25, -0.2) is 4.98 Å². The molecule has 0 aliphatic carbocycles. The molecule has 1 aliphatic heterocycles. The molecule has 33 heavy (non-hydrogen) atoms. The fraction of sp³-hybridized carbons (Fsp3) is 0.458. The van der Waals surface area contributed by atoms with Crippen LogP contribution in [-0.4, -0.2) is 35.9 Å². The van der Waals surface area contributed by atoms with Gasteiger partial charge in [-0.15, -0.1) is 0 Å². The summed E-state index contributed by atoms with van der Waals surface area (Å²) in [6, 6.07) is 10.6. The molecule has 1 aromatic heterocycles. The predicted molar refractivity (Wildman–Crippen MR) is 119 cm³/mol. The summed E-state index contributed by atoms with van der Waals surface area (Å²) in [6.45, 7) is 4.99. The van der Waals surface area contributed by atoms with Gasteiger partial charge in [0.1, 0.15) is 11.9 Å². The van der Waals surface area contributed by atoms with Crippen LogP contribution in [0.15, 0.2) is 48.7 Å². The quantitative estimate of drug-likeness (QED) is 0.650. The van der Waals surface area contributed by atoms with Crippen molar-refractivity contribution in [2.75, 3.05) is 18.0 Å². The number of amides is 2. The third-order valence-electron chi connectivity index (χ3n) is 5.53. The molecule has 2 aromatic rings. The van der Waals surface area contributed by atoms with E-state index in [-0.39, 0.29) is 23.8 Å². The third kappa shape index (κ3) is 6.94. The number of nitrogens with one attached hydrogen (secondary N) is 2. The molecule has 1 saturated heterocycles. The minimum Gasteiger partial charge on any atom is -0.356 e. The lowest BCUT2D eigenvalue weighted by molar-refractivity contribution is -0.137. The van der Waals surface area contributed by atoms with E-state index in [1.807, 2.05) is 36.9 Å². The zero-order valence-corrected chi connectivity index (χ0v) is 18.7. The molecule has 9 heteroatoms. The Morgan fingerprint density at radius 1 is 1.09 bits per heavy atom. The van der Waals surface area contributed by atoms with Crippen LogP contribution in [0, 0.1) is 5.92 Å². The number of hydrogen-bond acceptors (Lipinski definition) is 4. The number of anilines is 1. The molecular weight excluding hydrogens is 433 g/mol. The Hall–Kier alpha value is -3.10. The van der Waals surface area contributed by atoms with Crippen LogP contribution in [0.1, 0.15) is 50.3 Å². The minimum atomic E-state index is -4.41. The van der Waals surface area contributed by atoms with Crippen LogP contribution in [0.2, 0.25) is 0 Å². The molecule has 2 N–H and O–H groups in total. The van der Waals surface area contributed by atoms with Gasteiger partial charge in [0.05, 0.1) is 5.56 Å². The first-order valence-electron chi connectivity index (χ1n) is 11.1. The molecule has 1 unspecified atom stereocenters. The lowest BCUT2D eigenvalue weighted by Gasteiger charge is -2.34. The Morgan fingerprint density at radius 2 is 1.76 bits per heavy atom. The van der Waals surface area contributed by atoms with Crippen LogP contribution in [-0.2, 0) is 15.8 Å². The predicted octanol–water partition coefficient (Wildman–Crippen LogP) is 4.09.